The maximum Gasteiger partial charge on any atom is 0.273 e. The molecule has 1 N–H and O–H groups in total. The van der Waals surface area contributed by atoms with Crippen LogP contribution in [0.3, 0.4) is 0 Å². The Labute approximate surface area is 112 Å². The smallest absolute Gasteiger partial charge is 0.273 e. The van der Waals surface area contributed by atoms with Crippen LogP contribution < -0.4 is 5.32 Å². The van der Waals surface area contributed by atoms with Gasteiger partial charge in [0, 0.05) is 17.7 Å². The summed E-state index contributed by atoms with van der Waals surface area (Å²) >= 11 is 0. The summed E-state index contributed by atoms with van der Waals surface area (Å²) in [4.78, 5) is 11.9. The van der Waals surface area contributed by atoms with Gasteiger partial charge in [0.2, 0.25) is 0 Å². The van der Waals surface area contributed by atoms with Gasteiger partial charge in [-0.3, -0.25) is 4.79 Å². The minimum absolute atomic E-state index is 0.164. The van der Waals surface area contributed by atoms with Crippen molar-refractivity contribution in [1.29, 1.82) is 0 Å². The average molecular weight is 258 g/mol. The first kappa shape index (κ1) is 13.3. The first-order valence-electron chi connectivity index (χ1n) is 6.48. The lowest BCUT2D eigenvalue weighted by molar-refractivity contribution is 0.0907. The number of aromatic nitrogens is 1. The maximum absolute atomic E-state index is 11.9. The number of carbonyl (C=O) groups is 1. The van der Waals surface area contributed by atoms with Gasteiger partial charge in [-0.05, 0) is 26.2 Å². The number of hydrogen-bond donors (Lipinski definition) is 1. The largest absolute Gasteiger partial charge is 0.356 e. The predicted octanol–water partition coefficient (Wildman–Crippen LogP) is 3.10. The molecule has 1 aliphatic carbocycles. The van der Waals surface area contributed by atoms with Gasteiger partial charge in [-0.2, -0.15) is 0 Å². The molecule has 1 amide bonds. The molecule has 0 bridgehead atoms. The molecule has 0 radical (unpaired) electrons. The number of carbonyl (C=O) groups excluding carboxylic acids is 1. The number of nitrogens with zero attached hydrogens (tertiary/aromatic N) is 1. The topological polar surface area (TPSA) is 55.1 Å². The summed E-state index contributed by atoms with van der Waals surface area (Å²) < 4.78 is 5.20. The minimum Gasteiger partial charge on any atom is -0.356 e. The predicted molar refractivity (Wildman–Crippen MR) is 74.6 cm³/mol. The van der Waals surface area contributed by atoms with Crippen LogP contribution in [0.25, 0.3) is 5.57 Å². The van der Waals surface area contributed by atoms with Crippen LogP contribution in [0.2, 0.25) is 0 Å². The second-order valence-corrected chi connectivity index (χ2v) is 4.52. The number of allylic oxidation sites excluding steroid dienone is 5. The Kier molecular flexibility index (Phi) is 4.34. The van der Waals surface area contributed by atoms with Crippen molar-refractivity contribution in [3.8, 4) is 0 Å². The third kappa shape index (κ3) is 3.22. The first-order chi connectivity index (χ1) is 9.24. The highest BCUT2D eigenvalue weighted by Gasteiger charge is 2.22. The molecule has 0 spiro atoms. The van der Waals surface area contributed by atoms with Gasteiger partial charge >= 0.3 is 0 Å². The van der Waals surface area contributed by atoms with Crippen LogP contribution in [0.5, 0.6) is 0 Å². The quantitative estimate of drug-likeness (QED) is 0.826. The van der Waals surface area contributed by atoms with Crippen LogP contribution in [-0.4, -0.2) is 17.1 Å². The van der Waals surface area contributed by atoms with Crippen molar-refractivity contribution in [3.63, 3.8) is 0 Å². The maximum atomic E-state index is 11.9. The number of hydrogen-bond acceptors (Lipinski definition) is 3. The number of rotatable bonds is 5. The van der Waals surface area contributed by atoms with Crippen LogP contribution in [0.15, 0.2) is 41.5 Å². The van der Waals surface area contributed by atoms with Gasteiger partial charge in [0.05, 0.1) is 0 Å². The molecule has 100 valence electrons. The van der Waals surface area contributed by atoms with Crippen molar-refractivity contribution >= 4 is 11.5 Å². The van der Waals surface area contributed by atoms with Crippen molar-refractivity contribution in [1.82, 2.24) is 10.5 Å². The van der Waals surface area contributed by atoms with E-state index in [1.807, 2.05) is 25.2 Å². The Morgan fingerprint density at radius 1 is 1.58 bits per heavy atom. The van der Waals surface area contributed by atoms with E-state index in [4.69, 9.17) is 4.52 Å². The van der Waals surface area contributed by atoms with Gasteiger partial charge < -0.3 is 9.84 Å². The molecule has 0 saturated heterocycles. The lowest BCUT2D eigenvalue weighted by Crippen LogP contribution is -2.39. The van der Waals surface area contributed by atoms with E-state index in [0.29, 0.717) is 17.5 Å². The Morgan fingerprint density at radius 3 is 2.95 bits per heavy atom. The second kappa shape index (κ2) is 6.18. The normalized spacial score (nSPS) is 16.4. The highest BCUT2D eigenvalue weighted by molar-refractivity contribution is 5.93. The van der Waals surface area contributed by atoms with Crippen LogP contribution in [0.4, 0.5) is 0 Å². The van der Waals surface area contributed by atoms with Crippen molar-refractivity contribution in [2.24, 2.45) is 0 Å². The van der Waals surface area contributed by atoms with Crippen LogP contribution in [0, 0.1) is 0 Å². The SMILES string of the molecule is C=C/C=C\C(=C/C)c1cc(C(=O)NC2CCC2)no1. The van der Waals surface area contributed by atoms with Gasteiger partial charge in [-0.1, -0.05) is 36.0 Å². The monoisotopic (exact) mass is 258 g/mol. The van der Waals surface area contributed by atoms with Crippen LogP contribution in [0.1, 0.15) is 42.4 Å². The lowest BCUT2D eigenvalue weighted by atomic mass is 9.93. The van der Waals surface area contributed by atoms with E-state index < -0.39 is 0 Å². The van der Waals surface area contributed by atoms with Crippen molar-refractivity contribution in [2.75, 3.05) is 0 Å². The Morgan fingerprint density at radius 2 is 2.37 bits per heavy atom. The van der Waals surface area contributed by atoms with E-state index >= 15 is 0 Å². The van der Waals surface area contributed by atoms with Gasteiger partial charge in [0.1, 0.15) is 0 Å². The summed E-state index contributed by atoms with van der Waals surface area (Å²) in [5.41, 5.74) is 1.20. The van der Waals surface area contributed by atoms with E-state index in [1.165, 1.54) is 6.42 Å². The standard InChI is InChI=1S/C15H18N2O2/c1-3-5-7-11(4-2)14-10-13(17-19-14)15(18)16-12-8-6-9-12/h3-5,7,10,12H,1,6,8-9H2,2H3,(H,16,18)/b7-5-,11-4+. The first-order valence-corrected chi connectivity index (χ1v) is 6.48. The third-order valence-electron chi connectivity index (χ3n) is 3.19. The molecule has 0 aromatic carbocycles. The van der Waals surface area contributed by atoms with E-state index in [-0.39, 0.29) is 5.91 Å². The Hall–Kier alpha value is -2.10. The van der Waals surface area contributed by atoms with Crippen molar-refractivity contribution in [2.45, 2.75) is 32.2 Å². The molecular formula is C15H18N2O2. The van der Waals surface area contributed by atoms with Gasteiger partial charge in [0.25, 0.3) is 5.91 Å². The van der Waals surface area contributed by atoms with Crippen molar-refractivity contribution in [3.05, 3.63) is 48.4 Å². The third-order valence-corrected chi connectivity index (χ3v) is 3.19. The molecule has 4 nitrogen and oxygen atoms in total. The summed E-state index contributed by atoms with van der Waals surface area (Å²) in [6, 6.07) is 1.96. The van der Waals surface area contributed by atoms with E-state index in [9.17, 15) is 4.79 Å². The molecule has 1 aromatic rings. The summed E-state index contributed by atoms with van der Waals surface area (Å²) in [6.07, 6.45) is 10.5. The Bertz CT molecular complexity index is 522. The zero-order valence-electron chi connectivity index (χ0n) is 11.1. The van der Waals surface area contributed by atoms with E-state index in [1.54, 1.807) is 12.1 Å². The molecule has 0 unspecified atom stereocenters. The average Bonchev–Trinajstić information content (AvgIpc) is 2.84. The molecular weight excluding hydrogens is 240 g/mol. The summed E-state index contributed by atoms with van der Waals surface area (Å²) in [7, 11) is 0. The number of nitrogens with one attached hydrogen (secondary N) is 1. The molecule has 2 rings (SSSR count). The summed E-state index contributed by atoms with van der Waals surface area (Å²) in [5, 5.41) is 6.75. The molecule has 1 heterocycles. The molecule has 1 aromatic heterocycles. The fraction of sp³-hybridized carbons (Fsp3) is 0.333. The second-order valence-electron chi connectivity index (χ2n) is 4.52. The molecule has 1 aliphatic rings. The summed E-state index contributed by atoms with van der Waals surface area (Å²) in [6.45, 7) is 5.52. The molecule has 1 fully saturated rings. The highest BCUT2D eigenvalue weighted by atomic mass is 16.5. The molecule has 1 saturated carbocycles. The van der Waals surface area contributed by atoms with Gasteiger partial charge in [0.15, 0.2) is 11.5 Å². The Balaban J connectivity index is 2.06. The summed E-state index contributed by atoms with van der Waals surface area (Å²) in [5.74, 6) is 0.419. The molecule has 19 heavy (non-hydrogen) atoms. The fourth-order valence-electron chi connectivity index (χ4n) is 1.82. The van der Waals surface area contributed by atoms with E-state index in [0.717, 1.165) is 18.4 Å². The molecule has 4 heteroatoms. The van der Waals surface area contributed by atoms with E-state index in [2.05, 4.69) is 17.1 Å². The molecule has 0 aliphatic heterocycles. The molecule has 0 atom stereocenters. The number of amides is 1. The zero-order chi connectivity index (χ0) is 13.7. The van der Waals surface area contributed by atoms with Crippen LogP contribution >= 0.6 is 0 Å². The minimum atomic E-state index is -0.164. The highest BCUT2D eigenvalue weighted by Crippen LogP contribution is 2.20. The van der Waals surface area contributed by atoms with Gasteiger partial charge in [-0.15, -0.1) is 0 Å². The van der Waals surface area contributed by atoms with Gasteiger partial charge in [-0.25, -0.2) is 0 Å². The van der Waals surface area contributed by atoms with Crippen molar-refractivity contribution < 1.29 is 9.32 Å². The van der Waals surface area contributed by atoms with Crippen LogP contribution in [-0.2, 0) is 0 Å². The fourth-order valence-corrected chi connectivity index (χ4v) is 1.82. The zero-order valence-corrected chi connectivity index (χ0v) is 11.1. The lowest BCUT2D eigenvalue weighted by Gasteiger charge is -2.25.